The van der Waals surface area contributed by atoms with Crippen molar-refractivity contribution >= 4 is 39.1 Å². The van der Waals surface area contributed by atoms with Crippen LogP contribution in [-0.4, -0.2) is 77.7 Å². The van der Waals surface area contributed by atoms with Crippen molar-refractivity contribution < 1.29 is 32.2 Å². The first-order chi connectivity index (χ1) is 21.0. The van der Waals surface area contributed by atoms with Crippen molar-refractivity contribution in [3.8, 4) is 28.4 Å². The van der Waals surface area contributed by atoms with E-state index in [0.717, 1.165) is 11.1 Å². The Kier molecular flexibility index (Phi) is 11.1. The molecule has 1 heterocycles. The van der Waals surface area contributed by atoms with Crippen molar-refractivity contribution in [3.63, 3.8) is 0 Å². The van der Waals surface area contributed by atoms with Crippen LogP contribution in [0.5, 0.6) is 17.2 Å². The number of methoxy groups -OCH3 is 3. The number of ether oxygens (including phenoxy) is 3. The van der Waals surface area contributed by atoms with Gasteiger partial charge in [0, 0.05) is 19.0 Å². The van der Waals surface area contributed by atoms with E-state index in [2.05, 4.69) is 16.0 Å². The second kappa shape index (κ2) is 14.6. The van der Waals surface area contributed by atoms with Crippen LogP contribution in [0.15, 0.2) is 29.1 Å². The molecule has 1 saturated heterocycles. The minimum atomic E-state index is -3.06. The van der Waals surface area contributed by atoms with Gasteiger partial charge >= 0.3 is 0 Å². The molecule has 2 aliphatic rings. The van der Waals surface area contributed by atoms with Crippen LogP contribution in [0.3, 0.4) is 0 Å². The Bertz CT molecular complexity index is 1560. The molecule has 0 bridgehead atoms. The van der Waals surface area contributed by atoms with Gasteiger partial charge in [-0.3, -0.25) is 14.4 Å². The summed E-state index contributed by atoms with van der Waals surface area (Å²) in [5.74, 6) is 1.60. The molecule has 0 spiro atoms. The first-order valence-corrected chi connectivity index (χ1v) is 17.7. The number of thioether (sulfide) groups is 1. The zero-order chi connectivity index (χ0) is 32.0. The number of aryl methyl sites for hydroxylation is 1. The lowest BCUT2D eigenvalue weighted by molar-refractivity contribution is -0.122. The zero-order valence-corrected chi connectivity index (χ0v) is 27.4. The second-order valence-electron chi connectivity index (χ2n) is 11.1. The average Bonchev–Trinajstić information content (AvgIpc) is 3.18. The van der Waals surface area contributed by atoms with E-state index in [1.807, 2.05) is 12.3 Å². The lowest BCUT2D eigenvalue weighted by atomic mass is 9.95. The van der Waals surface area contributed by atoms with Gasteiger partial charge in [-0.05, 0) is 78.5 Å². The minimum absolute atomic E-state index is 0.0675. The summed E-state index contributed by atoms with van der Waals surface area (Å²) < 4.78 is 40.8. The Morgan fingerprint density at radius 1 is 1.07 bits per heavy atom. The highest BCUT2D eigenvalue weighted by Crippen LogP contribution is 2.50. The molecule has 0 radical (unpaired) electrons. The van der Waals surface area contributed by atoms with Gasteiger partial charge < -0.3 is 30.2 Å². The van der Waals surface area contributed by atoms with E-state index in [1.165, 1.54) is 20.1 Å². The van der Waals surface area contributed by atoms with Crippen LogP contribution >= 0.6 is 11.8 Å². The Morgan fingerprint density at radius 3 is 2.43 bits per heavy atom. The molecule has 240 valence electrons. The molecule has 44 heavy (non-hydrogen) atoms. The van der Waals surface area contributed by atoms with Crippen LogP contribution in [0.2, 0.25) is 0 Å². The maximum Gasteiger partial charge on any atom is 0.242 e. The van der Waals surface area contributed by atoms with Crippen LogP contribution in [0.1, 0.15) is 43.4 Å². The number of sulfone groups is 1. The quantitative estimate of drug-likeness (QED) is 0.314. The van der Waals surface area contributed by atoms with E-state index < -0.39 is 21.9 Å². The predicted molar refractivity (Wildman–Crippen MR) is 173 cm³/mol. The fourth-order valence-corrected chi connectivity index (χ4v) is 8.25. The van der Waals surface area contributed by atoms with Gasteiger partial charge in [-0.1, -0.05) is 6.07 Å². The average molecular weight is 648 g/mol. The third kappa shape index (κ3) is 7.60. The van der Waals surface area contributed by atoms with Gasteiger partial charge in [0.1, 0.15) is 6.04 Å². The monoisotopic (exact) mass is 647 g/mol. The molecular formula is C31H41N3O8S2. The number of amides is 2. The normalized spacial score (nSPS) is 19.0. The molecule has 1 aliphatic heterocycles. The molecule has 2 aromatic rings. The molecule has 1 fully saturated rings. The summed E-state index contributed by atoms with van der Waals surface area (Å²) in [5, 5.41) is 9.05. The van der Waals surface area contributed by atoms with Crippen molar-refractivity contribution in [2.45, 2.75) is 44.7 Å². The first-order valence-electron chi connectivity index (χ1n) is 14.5. The third-order valence-electron chi connectivity index (χ3n) is 8.06. The summed E-state index contributed by atoms with van der Waals surface area (Å²) >= 11 is 1.58. The Morgan fingerprint density at radius 2 is 1.82 bits per heavy atom. The predicted octanol–water partition coefficient (Wildman–Crippen LogP) is 2.95. The smallest absolute Gasteiger partial charge is 0.242 e. The van der Waals surface area contributed by atoms with Crippen molar-refractivity contribution in [2.75, 3.05) is 56.7 Å². The molecule has 13 heteroatoms. The van der Waals surface area contributed by atoms with Gasteiger partial charge in [-0.15, -0.1) is 0 Å². The minimum Gasteiger partial charge on any atom is -0.493 e. The van der Waals surface area contributed by atoms with E-state index in [9.17, 15) is 22.8 Å². The second-order valence-corrected chi connectivity index (χ2v) is 14.3. The fraction of sp³-hybridized carbons (Fsp3) is 0.516. The van der Waals surface area contributed by atoms with Gasteiger partial charge in [-0.25, -0.2) is 8.42 Å². The van der Waals surface area contributed by atoms with Gasteiger partial charge in [0.15, 0.2) is 21.3 Å². The zero-order valence-electron chi connectivity index (χ0n) is 25.8. The van der Waals surface area contributed by atoms with Crippen molar-refractivity contribution in [1.29, 1.82) is 0 Å². The van der Waals surface area contributed by atoms with Crippen molar-refractivity contribution in [3.05, 3.63) is 45.6 Å². The molecule has 2 amide bonds. The molecule has 0 unspecified atom stereocenters. The van der Waals surface area contributed by atoms with Gasteiger partial charge in [0.2, 0.25) is 23.0 Å². The summed E-state index contributed by atoms with van der Waals surface area (Å²) in [4.78, 5) is 39.3. The highest BCUT2D eigenvalue weighted by molar-refractivity contribution is 7.98. The first kappa shape index (κ1) is 33.4. The standard InChI is InChI=1S/C31H41N3O8S2/c1-18(35)33-23-8-6-20-14-27(40-2)29(41-3)30(42-4)28(20)21-7-9-24(26(36)15-22(21)23)34-25(10-12-43-5)31(37)32-16-19-11-13-44(38,39)17-19/h7,9,14-15,19,23,25H,6,8,10-13,16-17H2,1-5H3,(H,32,37)(H,33,35)(H,34,36)/t19-,23-,25-/m0/s1. The van der Waals surface area contributed by atoms with Crippen LogP contribution in [0.25, 0.3) is 11.1 Å². The molecule has 3 N–H and O–H groups in total. The van der Waals surface area contributed by atoms with Gasteiger partial charge in [0.25, 0.3) is 0 Å². The van der Waals surface area contributed by atoms with E-state index in [4.69, 9.17) is 14.2 Å². The number of hydrogen-bond donors (Lipinski definition) is 3. The summed E-state index contributed by atoms with van der Waals surface area (Å²) in [6.07, 6.45) is 4.02. The van der Waals surface area contributed by atoms with Crippen LogP contribution in [-0.2, 0) is 25.8 Å². The summed E-state index contributed by atoms with van der Waals surface area (Å²) in [7, 11) is 1.56. The number of nitrogens with one attached hydrogen (secondary N) is 3. The van der Waals surface area contributed by atoms with Crippen LogP contribution in [0.4, 0.5) is 5.69 Å². The SMILES string of the molecule is COc1cc2c(c(OC)c1OC)-c1ccc(N[C@@H](CCSC)C(=O)NC[C@@H]3CCS(=O)(=O)C3)c(=O)cc1[C@@H](NC(C)=O)CC2. The maximum absolute atomic E-state index is 13.7. The molecule has 1 aliphatic carbocycles. The number of fused-ring (bicyclic) bond motifs is 3. The highest BCUT2D eigenvalue weighted by atomic mass is 32.2. The van der Waals surface area contributed by atoms with Crippen LogP contribution < -0.4 is 35.6 Å². The number of carbonyl (C=O) groups excluding carboxylic acids is 2. The van der Waals surface area contributed by atoms with Crippen molar-refractivity contribution in [1.82, 2.24) is 10.6 Å². The topological polar surface area (TPSA) is 149 Å². The molecule has 0 saturated carbocycles. The Hall–Kier alpha value is -3.45. The summed E-state index contributed by atoms with van der Waals surface area (Å²) in [5.41, 5.74) is 2.84. The van der Waals surface area contributed by atoms with Gasteiger partial charge in [0.05, 0.1) is 44.6 Å². The third-order valence-corrected chi connectivity index (χ3v) is 10.5. The molecular weight excluding hydrogens is 606 g/mol. The van der Waals surface area contributed by atoms with Gasteiger partial charge in [-0.2, -0.15) is 11.8 Å². The van der Waals surface area contributed by atoms with Crippen molar-refractivity contribution in [2.24, 2.45) is 5.92 Å². The number of carbonyl (C=O) groups is 2. The number of benzene rings is 1. The Labute approximate surface area is 262 Å². The fourth-order valence-electron chi connectivity index (χ4n) is 5.92. The molecule has 11 nitrogen and oxygen atoms in total. The Balaban J connectivity index is 1.76. The van der Waals surface area contributed by atoms with E-state index in [-0.39, 0.29) is 46.9 Å². The molecule has 3 atom stereocenters. The molecule has 4 rings (SSSR count). The number of anilines is 1. The van der Waals surface area contributed by atoms with E-state index in [1.54, 1.807) is 38.1 Å². The van der Waals surface area contributed by atoms with Crippen LogP contribution in [0, 0.1) is 5.92 Å². The number of rotatable bonds is 12. The highest BCUT2D eigenvalue weighted by Gasteiger charge is 2.31. The van der Waals surface area contributed by atoms with E-state index >= 15 is 0 Å². The lowest BCUT2D eigenvalue weighted by Crippen LogP contribution is -2.42. The number of hydrogen-bond acceptors (Lipinski definition) is 10. The maximum atomic E-state index is 13.7. The largest absolute Gasteiger partial charge is 0.493 e. The summed E-state index contributed by atoms with van der Waals surface area (Å²) in [6, 6.07) is 5.69. The summed E-state index contributed by atoms with van der Waals surface area (Å²) in [6.45, 7) is 1.70. The molecule has 0 aromatic heterocycles. The molecule has 2 aromatic carbocycles. The van der Waals surface area contributed by atoms with E-state index in [0.29, 0.717) is 59.8 Å². The lowest BCUT2D eigenvalue weighted by Gasteiger charge is -2.20.